The molecule has 178 valence electrons. The monoisotopic (exact) mass is 461 g/mol. The fourth-order valence-corrected chi connectivity index (χ4v) is 3.64. The van der Waals surface area contributed by atoms with E-state index >= 15 is 0 Å². The number of ether oxygens (including phenoxy) is 2. The molecule has 0 fully saturated rings. The van der Waals surface area contributed by atoms with Gasteiger partial charge in [0.05, 0.1) is 16.6 Å². The van der Waals surface area contributed by atoms with E-state index < -0.39 is 10.9 Å². The third-order valence-corrected chi connectivity index (χ3v) is 5.63. The number of carbonyl (C=O) groups excluding carboxylic acids is 1. The number of hydrogen-bond donors (Lipinski definition) is 0. The van der Waals surface area contributed by atoms with Crippen LogP contribution in [-0.2, 0) is 0 Å². The number of benzene rings is 3. The standard InChI is InChI=1S/C28H31NO5/c1-4-5-6-7-8-21(3)33-27-18-15-24(19-26(27)29(31)32)22-11-13-23(14-12-22)28(30)34-25-16-9-20(2)10-17-25/h9-19,21H,4-8H2,1-3H3. The van der Waals surface area contributed by atoms with E-state index in [2.05, 4.69) is 6.92 Å². The average Bonchev–Trinajstić information content (AvgIpc) is 2.83. The van der Waals surface area contributed by atoms with Crippen LogP contribution in [0, 0.1) is 17.0 Å². The second-order valence-electron chi connectivity index (χ2n) is 8.50. The maximum atomic E-state index is 12.4. The minimum absolute atomic E-state index is 0.0687. The second kappa shape index (κ2) is 12.0. The molecule has 0 heterocycles. The van der Waals surface area contributed by atoms with Gasteiger partial charge >= 0.3 is 11.7 Å². The van der Waals surface area contributed by atoms with Crippen molar-refractivity contribution >= 4 is 11.7 Å². The van der Waals surface area contributed by atoms with E-state index in [9.17, 15) is 14.9 Å². The van der Waals surface area contributed by atoms with Crippen molar-refractivity contribution in [3.8, 4) is 22.6 Å². The number of nitro groups is 1. The number of unbranched alkanes of at least 4 members (excludes halogenated alkanes) is 3. The van der Waals surface area contributed by atoms with E-state index in [4.69, 9.17) is 9.47 Å². The number of rotatable bonds is 11. The predicted octanol–water partition coefficient (Wildman–Crippen LogP) is 7.53. The van der Waals surface area contributed by atoms with Gasteiger partial charge in [-0.3, -0.25) is 10.1 Å². The quantitative estimate of drug-likeness (QED) is 0.0969. The number of nitro benzene ring substituents is 1. The maximum absolute atomic E-state index is 12.4. The van der Waals surface area contributed by atoms with Crippen LogP contribution in [0.4, 0.5) is 5.69 Å². The molecular formula is C28H31NO5. The van der Waals surface area contributed by atoms with Crippen LogP contribution in [0.2, 0.25) is 0 Å². The summed E-state index contributed by atoms with van der Waals surface area (Å²) >= 11 is 0. The van der Waals surface area contributed by atoms with E-state index in [0.29, 0.717) is 16.9 Å². The molecule has 0 amide bonds. The van der Waals surface area contributed by atoms with Crippen molar-refractivity contribution in [2.75, 3.05) is 0 Å². The first kappa shape index (κ1) is 25.0. The first-order valence-electron chi connectivity index (χ1n) is 11.7. The van der Waals surface area contributed by atoms with Gasteiger partial charge in [-0.25, -0.2) is 4.79 Å². The van der Waals surface area contributed by atoms with Crippen molar-refractivity contribution in [1.29, 1.82) is 0 Å². The number of nitrogens with zero attached hydrogens (tertiary/aromatic N) is 1. The summed E-state index contributed by atoms with van der Waals surface area (Å²) in [7, 11) is 0. The molecule has 6 nitrogen and oxygen atoms in total. The number of hydrogen-bond acceptors (Lipinski definition) is 5. The van der Waals surface area contributed by atoms with Gasteiger partial charge in [0, 0.05) is 6.07 Å². The summed E-state index contributed by atoms with van der Waals surface area (Å²) in [6.45, 7) is 6.07. The third kappa shape index (κ3) is 6.91. The smallest absolute Gasteiger partial charge is 0.343 e. The largest absolute Gasteiger partial charge is 0.484 e. The Morgan fingerprint density at radius 3 is 2.26 bits per heavy atom. The lowest BCUT2D eigenvalue weighted by atomic mass is 10.0. The highest BCUT2D eigenvalue weighted by Crippen LogP contribution is 2.33. The summed E-state index contributed by atoms with van der Waals surface area (Å²) < 4.78 is 11.3. The van der Waals surface area contributed by atoms with Crippen LogP contribution in [0.1, 0.15) is 61.9 Å². The summed E-state index contributed by atoms with van der Waals surface area (Å²) in [6, 6.07) is 19.0. The van der Waals surface area contributed by atoms with Crippen molar-refractivity contribution in [3.05, 3.63) is 88.0 Å². The molecule has 3 aromatic rings. The van der Waals surface area contributed by atoms with Crippen LogP contribution in [0.15, 0.2) is 66.7 Å². The van der Waals surface area contributed by atoms with E-state index in [-0.39, 0.29) is 17.5 Å². The zero-order valence-electron chi connectivity index (χ0n) is 20.0. The Bertz CT molecular complexity index is 1110. The van der Waals surface area contributed by atoms with Crippen LogP contribution in [0.3, 0.4) is 0 Å². The molecule has 6 heteroatoms. The van der Waals surface area contributed by atoms with Crippen molar-refractivity contribution in [2.24, 2.45) is 0 Å². The summed E-state index contributed by atoms with van der Waals surface area (Å²) in [5, 5.41) is 11.7. The molecule has 0 spiro atoms. The predicted molar refractivity (Wildman–Crippen MR) is 134 cm³/mol. The van der Waals surface area contributed by atoms with Gasteiger partial charge in [0.1, 0.15) is 5.75 Å². The van der Waals surface area contributed by atoms with Crippen molar-refractivity contribution in [3.63, 3.8) is 0 Å². The molecule has 34 heavy (non-hydrogen) atoms. The van der Waals surface area contributed by atoms with Crippen LogP contribution >= 0.6 is 0 Å². The molecule has 0 aliphatic heterocycles. The van der Waals surface area contributed by atoms with Crippen molar-refractivity contribution in [2.45, 2.75) is 59.0 Å². The Morgan fingerprint density at radius 1 is 0.941 bits per heavy atom. The molecule has 0 aromatic heterocycles. The molecule has 0 saturated carbocycles. The van der Waals surface area contributed by atoms with E-state index in [1.165, 1.54) is 12.5 Å². The Labute approximate surface area is 200 Å². The number of aryl methyl sites for hydroxylation is 1. The highest BCUT2D eigenvalue weighted by Gasteiger charge is 2.19. The normalized spacial score (nSPS) is 11.6. The first-order chi connectivity index (χ1) is 16.4. The first-order valence-corrected chi connectivity index (χ1v) is 11.7. The maximum Gasteiger partial charge on any atom is 0.343 e. The zero-order valence-corrected chi connectivity index (χ0v) is 20.0. The van der Waals surface area contributed by atoms with Gasteiger partial charge in [-0.2, -0.15) is 0 Å². The summed E-state index contributed by atoms with van der Waals surface area (Å²) in [4.78, 5) is 23.7. The molecular weight excluding hydrogens is 430 g/mol. The van der Waals surface area contributed by atoms with Gasteiger partial charge < -0.3 is 9.47 Å². The lowest BCUT2D eigenvalue weighted by Gasteiger charge is -2.15. The summed E-state index contributed by atoms with van der Waals surface area (Å²) in [5.74, 6) is 0.290. The Morgan fingerprint density at radius 2 is 1.62 bits per heavy atom. The average molecular weight is 462 g/mol. The van der Waals surface area contributed by atoms with Crippen LogP contribution in [0.5, 0.6) is 11.5 Å². The van der Waals surface area contributed by atoms with E-state index in [1.54, 1.807) is 48.5 Å². The Kier molecular flexibility index (Phi) is 8.79. The molecule has 0 N–H and O–H groups in total. The molecule has 3 aromatic carbocycles. The Balaban J connectivity index is 1.70. The third-order valence-electron chi connectivity index (χ3n) is 5.63. The zero-order chi connectivity index (χ0) is 24.5. The second-order valence-corrected chi connectivity index (χ2v) is 8.50. The van der Waals surface area contributed by atoms with Crippen LogP contribution < -0.4 is 9.47 Å². The van der Waals surface area contributed by atoms with Crippen molar-refractivity contribution in [1.82, 2.24) is 0 Å². The fourth-order valence-electron chi connectivity index (χ4n) is 3.64. The molecule has 0 aliphatic carbocycles. The summed E-state index contributed by atoms with van der Waals surface area (Å²) in [5.41, 5.74) is 2.84. The highest BCUT2D eigenvalue weighted by atomic mass is 16.6. The number of carbonyl (C=O) groups is 1. The van der Waals surface area contributed by atoms with Gasteiger partial charge in [-0.1, -0.05) is 62.1 Å². The molecule has 3 rings (SSSR count). The molecule has 0 aliphatic rings. The lowest BCUT2D eigenvalue weighted by molar-refractivity contribution is -0.386. The van der Waals surface area contributed by atoms with Gasteiger partial charge in [-0.05, 0) is 68.1 Å². The molecule has 1 unspecified atom stereocenters. The van der Waals surface area contributed by atoms with Gasteiger partial charge in [-0.15, -0.1) is 0 Å². The van der Waals surface area contributed by atoms with E-state index in [1.807, 2.05) is 26.0 Å². The van der Waals surface area contributed by atoms with Crippen LogP contribution in [0.25, 0.3) is 11.1 Å². The molecule has 0 bridgehead atoms. The van der Waals surface area contributed by atoms with Gasteiger partial charge in [0.25, 0.3) is 0 Å². The van der Waals surface area contributed by atoms with Crippen LogP contribution in [-0.4, -0.2) is 17.0 Å². The summed E-state index contributed by atoms with van der Waals surface area (Å²) in [6.07, 6.45) is 5.29. The SMILES string of the molecule is CCCCCCC(C)Oc1ccc(-c2ccc(C(=O)Oc3ccc(C)cc3)cc2)cc1[N+](=O)[O-]. The molecule has 1 atom stereocenters. The highest BCUT2D eigenvalue weighted by molar-refractivity contribution is 5.91. The van der Waals surface area contributed by atoms with E-state index in [0.717, 1.165) is 36.8 Å². The fraction of sp³-hybridized carbons (Fsp3) is 0.321. The Hall–Kier alpha value is -3.67. The number of esters is 1. The molecule has 0 radical (unpaired) electrons. The van der Waals surface area contributed by atoms with Gasteiger partial charge in [0.2, 0.25) is 0 Å². The minimum Gasteiger partial charge on any atom is -0.484 e. The lowest BCUT2D eigenvalue weighted by Crippen LogP contribution is -2.12. The molecule has 0 saturated heterocycles. The minimum atomic E-state index is -0.460. The topological polar surface area (TPSA) is 78.7 Å². The van der Waals surface area contributed by atoms with Gasteiger partial charge in [0.15, 0.2) is 5.75 Å². The van der Waals surface area contributed by atoms with Crippen molar-refractivity contribution < 1.29 is 19.2 Å².